The maximum Gasteiger partial charge on any atom is 0.328 e. The van der Waals surface area contributed by atoms with Crippen LogP contribution in [0.4, 0.5) is 0 Å². The molecule has 5 heteroatoms. The average Bonchev–Trinajstić information content (AvgIpc) is 2.28. The molecule has 0 saturated heterocycles. The van der Waals surface area contributed by atoms with Gasteiger partial charge in [-0.3, -0.25) is 9.48 Å². The first-order valence-corrected chi connectivity index (χ1v) is 4.76. The van der Waals surface area contributed by atoms with Crippen LogP contribution in [0, 0.1) is 6.92 Å². The summed E-state index contributed by atoms with van der Waals surface area (Å²) in [6, 6.07) is 1.70. The molecule has 4 nitrogen and oxygen atoms in total. The molecule has 0 saturated carbocycles. The van der Waals surface area contributed by atoms with Crippen molar-refractivity contribution in [1.82, 2.24) is 9.78 Å². The van der Waals surface area contributed by atoms with E-state index in [1.165, 1.54) is 4.68 Å². The standard InChI is InChI=1S/C9H13ClN2O2/c1-6(2)14-9(13)5-12-7(3)4-8(10)11-12/h4,6H,5H2,1-3H3. The summed E-state index contributed by atoms with van der Waals surface area (Å²) in [7, 11) is 0. The maximum absolute atomic E-state index is 11.3. The third-order valence-electron chi connectivity index (χ3n) is 1.60. The molecule has 0 amide bonds. The van der Waals surface area contributed by atoms with Gasteiger partial charge in [0.05, 0.1) is 6.10 Å². The number of ether oxygens (including phenoxy) is 1. The molecule has 0 spiro atoms. The minimum absolute atomic E-state index is 0.103. The van der Waals surface area contributed by atoms with E-state index in [9.17, 15) is 4.79 Å². The van der Waals surface area contributed by atoms with Gasteiger partial charge in [-0.1, -0.05) is 11.6 Å². The molecule has 0 bridgehead atoms. The Morgan fingerprint density at radius 3 is 2.79 bits per heavy atom. The number of aromatic nitrogens is 2. The van der Waals surface area contributed by atoms with Crippen LogP contribution in [0.5, 0.6) is 0 Å². The molecule has 0 radical (unpaired) electrons. The van der Waals surface area contributed by atoms with Crippen molar-refractivity contribution in [3.05, 3.63) is 16.9 Å². The Balaban J connectivity index is 2.60. The molecule has 1 heterocycles. The summed E-state index contributed by atoms with van der Waals surface area (Å²) < 4.78 is 6.50. The molecule has 1 rings (SSSR count). The number of carbonyl (C=O) groups excluding carboxylic acids is 1. The number of rotatable bonds is 3. The van der Waals surface area contributed by atoms with Crippen molar-refractivity contribution >= 4 is 17.6 Å². The van der Waals surface area contributed by atoms with Crippen LogP contribution < -0.4 is 0 Å². The molecular weight excluding hydrogens is 204 g/mol. The van der Waals surface area contributed by atoms with Crippen LogP contribution >= 0.6 is 11.6 Å². The Labute approximate surface area is 87.8 Å². The Bertz CT molecular complexity index is 334. The fraction of sp³-hybridized carbons (Fsp3) is 0.556. The van der Waals surface area contributed by atoms with Crippen molar-refractivity contribution in [1.29, 1.82) is 0 Å². The summed E-state index contributed by atoms with van der Waals surface area (Å²) in [5.74, 6) is -0.303. The monoisotopic (exact) mass is 216 g/mol. The second-order valence-electron chi connectivity index (χ2n) is 3.30. The molecular formula is C9H13ClN2O2. The Hall–Kier alpha value is -1.03. The van der Waals surface area contributed by atoms with E-state index >= 15 is 0 Å². The second kappa shape index (κ2) is 4.46. The van der Waals surface area contributed by atoms with Gasteiger partial charge in [0.25, 0.3) is 0 Å². The molecule has 1 aromatic heterocycles. The SMILES string of the molecule is Cc1cc(Cl)nn1CC(=O)OC(C)C. The molecule has 0 aliphatic carbocycles. The van der Waals surface area contributed by atoms with Crippen LogP contribution in [0.25, 0.3) is 0 Å². The summed E-state index contributed by atoms with van der Waals surface area (Å²) in [6.07, 6.45) is -0.103. The molecule has 1 aromatic rings. The number of aryl methyl sites for hydroxylation is 1. The highest BCUT2D eigenvalue weighted by molar-refractivity contribution is 6.29. The minimum Gasteiger partial charge on any atom is -0.462 e. The van der Waals surface area contributed by atoms with Gasteiger partial charge >= 0.3 is 5.97 Å². The van der Waals surface area contributed by atoms with Crippen LogP contribution in [-0.2, 0) is 16.1 Å². The van der Waals surface area contributed by atoms with E-state index in [-0.39, 0.29) is 18.6 Å². The lowest BCUT2D eigenvalue weighted by atomic mass is 10.4. The summed E-state index contributed by atoms with van der Waals surface area (Å²) in [5.41, 5.74) is 0.843. The van der Waals surface area contributed by atoms with Gasteiger partial charge in [-0.05, 0) is 26.8 Å². The van der Waals surface area contributed by atoms with E-state index in [4.69, 9.17) is 16.3 Å². The molecule has 0 aliphatic heterocycles. The quantitative estimate of drug-likeness (QED) is 0.724. The molecule has 14 heavy (non-hydrogen) atoms. The molecule has 0 aliphatic rings. The average molecular weight is 217 g/mol. The van der Waals surface area contributed by atoms with E-state index < -0.39 is 0 Å². The zero-order valence-electron chi connectivity index (χ0n) is 8.45. The van der Waals surface area contributed by atoms with Crippen molar-refractivity contribution < 1.29 is 9.53 Å². The lowest BCUT2D eigenvalue weighted by Crippen LogP contribution is -2.18. The maximum atomic E-state index is 11.3. The molecule has 0 aromatic carbocycles. The van der Waals surface area contributed by atoms with E-state index in [1.807, 2.05) is 6.92 Å². The number of carbonyl (C=O) groups is 1. The lowest BCUT2D eigenvalue weighted by molar-refractivity contribution is -0.148. The third kappa shape index (κ3) is 3.03. The molecule has 78 valence electrons. The Morgan fingerprint density at radius 1 is 1.71 bits per heavy atom. The summed E-state index contributed by atoms with van der Waals surface area (Å²) in [5, 5.41) is 4.33. The van der Waals surface area contributed by atoms with Gasteiger partial charge in [-0.2, -0.15) is 5.10 Å². The third-order valence-corrected chi connectivity index (χ3v) is 1.78. The number of hydrogen-bond donors (Lipinski definition) is 0. The number of halogens is 1. The summed E-state index contributed by atoms with van der Waals surface area (Å²) in [4.78, 5) is 11.3. The first-order chi connectivity index (χ1) is 6.49. The number of hydrogen-bond acceptors (Lipinski definition) is 3. The smallest absolute Gasteiger partial charge is 0.328 e. The van der Waals surface area contributed by atoms with Crippen LogP contribution in [0.1, 0.15) is 19.5 Å². The normalized spacial score (nSPS) is 10.6. The lowest BCUT2D eigenvalue weighted by Gasteiger charge is -2.08. The second-order valence-corrected chi connectivity index (χ2v) is 3.69. The van der Waals surface area contributed by atoms with Gasteiger partial charge in [-0.25, -0.2) is 0 Å². The summed E-state index contributed by atoms with van der Waals surface area (Å²) >= 11 is 5.67. The van der Waals surface area contributed by atoms with Crippen molar-refractivity contribution in [3.8, 4) is 0 Å². The van der Waals surface area contributed by atoms with Crippen LogP contribution in [-0.4, -0.2) is 21.9 Å². The van der Waals surface area contributed by atoms with Crippen LogP contribution in [0.15, 0.2) is 6.07 Å². The number of nitrogens with zero attached hydrogens (tertiary/aromatic N) is 2. The minimum atomic E-state index is -0.303. The predicted octanol–water partition coefficient (Wildman–Crippen LogP) is 1.80. The van der Waals surface area contributed by atoms with Crippen LogP contribution in [0.3, 0.4) is 0 Å². The van der Waals surface area contributed by atoms with Crippen molar-refractivity contribution in [2.24, 2.45) is 0 Å². The van der Waals surface area contributed by atoms with Crippen molar-refractivity contribution in [2.75, 3.05) is 0 Å². The molecule has 0 unspecified atom stereocenters. The van der Waals surface area contributed by atoms with E-state index in [0.29, 0.717) is 5.15 Å². The number of esters is 1. The van der Waals surface area contributed by atoms with Gasteiger partial charge in [0, 0.05) is 5.69 Å². The largest absolute Gasteiger partial charge is 0.462 e. The van der Waals surface area contributed by atoms with E-state index in [1.54, 1.807) is 19.9 Å². The Kier molecular flexibility index (Phi) is 3.52. The van der Waals surface area contributed by atoms with Crippen molar-refractivity contribution in [3.63, 3.8) is 0 Å². The summed E-state index contributed by atoms with van der Waals surface area (Å²) in [6.45, 7) is 5.56. The fourth-order valence-corrected chi connectivity index (χ4v) is 1.30. The topological polar surface area (TPSA) is 44.1 Å². The fourth-order valence-electron chi connectivity index (χ4n) is 1.05. The van der Waals surface area contributed by atoms with E-state index in [0.717, 1.165) is 5.69 Å². The highest BCUT2D eigenvalue weighted by Crippen LogP contribution is 2.08. The van der Waals surface area contributed by atoms with Gasteiger partial charge < -0.3 is 4.74 Å². The molecule has 0 atom stereocenters. The zero-order valence-corrected chi connectivity index (χ0v) is 9.21. The predicted molar refractivity (Wildman–Crippen MR) is 53.2 cm³/mol. The van der Waals surface area contributed by atoms with Gasteiger partial charge in [0.15, 0.2) is 5.15 Å². The first-order valence-electron chi connectivity index (χ1n) is 4.38. The highest BCUT2D eigenvalue weighted by Gasteiger charge is 2.09. The van der Waals surface area contributed by atoms with Crippen molar-refractivity contribution in [2.45, 2.75) is 33.4 Å². The first kappa shape index (κ1) is 11.0. The molecule has 0 N–H and O–H groups in total. The highest BCUT2D eigenvalue weighted by atomic mass is 35.5. The molecule has 0 fully saturated rings. The van der Waals surface area contributed by atoms with Gasteiger partial charge in [0.1, 0.15) is 6.54 Å². The van der Waals surface area contributed by atoms with Gasteiger partial charge in [0.2, 0.25) is 0 Å². The Morgan fingerprint density at radius 2 is 2.36 bits per heavy atom. The van der Waals surface area contributed by atoms with E-state index in [2.05, 4.69) is 5.10 Å². The van der Waals surface area contributed by atoms with Gasteiger partial charge in [-0.15, -0.1) is 0 Å². The zero-order chi connectivity index (χ0) is 10.7. The van der Waals surface area contributed by atoms with Crippen LogP contribution in [0.2, 0.25) is 5.15 Å².